The maximum atomic E-state index is 4.43. The Morgan fingerprint density at radius 2 is 1.64 bits per heavy atom. The number of benzene rings is 2. The first kappa shape index (κ1) is 17.0. The summed E-state index contributed by atoms with van der Waals surface area (Å²) in [6.07, 6.45) is 2.12. The van der Waals surface area contributed by atoms with E-state index in [1.165, 1.54) is 27.8 Å². The summed E-state index contributed by atoms with van der Waals surface area (Å²) in [6, 6.07) is 12.8. The highest BCUT2D eigenvalue weighted by molar-refractivity contribution is 6.00. The van der Waals surface area contributed by atoms with Crippen molar-refractivity contribution >= 4 is 17.0 Å². The molecule has 0 N–H and O–H groups in total. The maximum Gasteiger partial charge on any atom is 0.0540 e. The summed E-state index contributed by atoms with van der Waals surface area (Å²) < 4.78 is 0. The summed E-state index contributed by atoms with van der Waals surface area (Å²) >= 11 is 0. The van der Waals surface area contributed by atoms with Crippen molar-refractivity contribution in [3.05, 3.63) is 101 Å². The van der Waals surface area contributed by atoms with Gasteiger partial charge in [-0.2, -0.15) is 0 Å². The Hall–Kier alpha value is -2.80. The van der Waals surface area contributed by atoms with Crippen LogP contribution in [0.4, 0.5) is 5.69 Å². The molecular formula is C24H25N. The Morgan fingerprint density at radius 3 is 2.24 bits per heavy atom. The standard InChI is InChI=1S/C24H25N/c1-8-21-18(5)19(6)25(23-13-12-15(2)14-22(21)23)20(7)24-16(3)10-9-11-17(24)4/h8-14H,5-7H2,1-4H3. The topological polar surface area (TPSA) is 3.24 Å². The predicted molar refractivity (Wildman–Crippen MR) is 111 cm³/mol. The molecule has 0 atom stereocenters. The van der Waals surface area contributed by atoms with Crippen LogP contribution in [-0.2, 0) is 0 Å². The minimum Gasteiger partial charge on any atom is -0.310 e. The molecule has 1 aliphatic rings. The minimum atomic E-state index is 0.886. The van der Waals surface area contributed by atoms with Crippen molar-refractivity contribution in [3.8, 4) is 0 Å². The van der Waals surface area contributed by atoms with Gasteiger partial charge in [-0.15, -0.1) is 0 Å². The van der Waals surface area contributed by atoms with Crippen LogP contribution in [0.15, 0.2) is 73.5 Å². The number of rotatable bonds is 2. The lowest BCUT2D eigenvalue weighted by molar-refractivity contribution is 1.15. The second kappa shape index (κ2) is 6.25. The van der Waals surface area contributed by atoms with Gasteiger partial charge in [-0.25, -0.2) is 0 Å². The van der Waals surface area contributed by atoms with E-state index in [2.05, 4.69) is 94.8 Å². The van der Waals surface area contributed by atoms with Gasteiger partial charge in [0.15, 0.2) is 0 Å². The zero-order valence-corrected chi connectivity index (χ0v) is 15.6. The molecule has 0 saturated heterocycles. The summed E-state index contributed by atoms with van der Waals surface area (Å²) in [7, 11) is 0. The van der Waals surface area contributed by atoms with Crippen molar-refractivity contribution in [1.29, 1.82) is 0 Å². The molecule has 0 unspecified atom stereocenters. The van der Waals surface area contributed by atoms with Crippen molar-refractivity contribution in [1.82, 2.24) is 0 Å². The SMILES string of the molecule is C=C1C(=C)N(C(=C)c2c(C)cccc2C)c2ccc(C)cc2C1=CC. The first-order valence-corrected chi connectivity index (χ1v) is 8.58. The molecule has 0 amide bonds. The van der Waals surface area contributed by atoms with Gasteiger partial charge >= 0.3 is 0 Å². The number of aryl methyl sites for hydroxylation is 3. The molecule has 0 fully saturated rings. The summed E-state index contributed by atoms with van der Waals surface area (Å²) in [5, 5.41) is 0. The number of anilines is 1. The van der Waals surface area contributed by atoms with Crippen molar-refractivity contribution in [2.75, 3.05) is 4.90 Å². The molecule has 1 heterocycles. The van der Waals surface area contributed by atoms with Crippen LogP contribution in [0, 0.1) is 20.8 Å². The van der Waals surface area contributed by atoms with E-state index >= 15 is 0 Å². The number of allylic oxidation sites excluding steroid dienone is 2. The quantitative estimate of drug-likeness (QED) is 0.602. The zero-order valence-electron chi connectivity index (χ0n) is 15.6. The molecule has 3 rings (SSSR count). The van der Waals surface area contributed by atoms with Crippen LogP contribution in [0.2, 0.25) is 0 Å². The average molecular weight is 327 g/mol. The average Bonchev–Trinajstić information content (AvgIpc) is 2.56. The van der Waals surface area contributed by atoms with E-state index in [0.717, 1.165) is 28.2 Å². The second-order valence-corrected chi connectivity index (χ2v) is 6.70. The fourth-order valence-electron chi connectivity index (χ4n) is 3.68. The zero-order chi connectivity index (χ0) is 18.3. The van der Waals surface area contributed by atoms with E-state index in [0.29, 0.717) is 0 Å². The van der Waals surface area contributed by atoms with Crippen molar-refractivity contribution in [2.24, 2.45) is 0 Å². The van der Waals surface area contributed by atoms with Gasteiger partial charge in [0, 0.05) is 22.5 Å². The number of fused-ring (bicyclic) bond motifs is 1. The molecule has 1 heteroatoms. The van der Waals surface area contributed by atoms with Crippen LogP contribution in [-0.4, -0.2) is 0 Å². The third kappa shape index (κ3) is 2.66. The Labute approximate surface area is 151 Å². The lowest BCUT2D eigenvalue weighted by atomic mass is 9.87. The highest BCUT2D eigenvalue weighted by atomic mass is 15.2. The number of hydrogen-bond donors (Lipinski definition) is 0. The Morgan fingerprint density at radius 1 is 1.00 bits per heavy atom. The third-order valence-corrected chi connectivity index (χ3v) is 4.95. The van der Waals surface area contributed by atoms with Crippen LogP contribution in [0.5, 0.6) is 0 Å². The molecule has 126 valence electrons. The van der Waals surface area contributed by atoms with Gasteiger partial charge in [-0.05, 0) is 62.1 Å². The molecule has 0 bridgehead atoms. The van der Waals surface area contributed by atoms with Crippen LogP contribution >= 0.6 is 0 Å². The molecule has 2 aromatic carbocycles. The monoisotopic (exact) mass is 327 g/mol. The van der Waals surface area contributed by atoms with Gasteiger partial charge in [-0.1, -0.05) is 55.6 Å². The number of nitrogens with zero attached hydrogens (tertiary/aromatic N) is 1. The van der Waals surface area contributed by atoms with Crippen LogP contribution in [0.25, 0.3) is 11.3 Å². The molecule has 2 aromatic rings. The van der Waals surface area contributed by atoms with Gasteiger partial charge in [0.1, 0.15) is 0 Å². The Balaban J connectivity index is 2.24. The fourth-order valence-corrected chi connectivity index (χ4v) is 3.68. The molecule has 0 aromatic heterocycles. The summed E-state index contributed by atoms with van der Waals surface area (Å²) in [5.74, 6) is 0. The lowest BCUT2D eigenvalue weighted by Crippen LogP contribution is -2.26. The Bertz CT molecular complexity index is 920. The molecular weight excluding hydrogens is 302 g/mol. The normalized spacial score (nSPS) is 15.5. The van der Waals surface area contributed by atoms with E-state index in [1.54, 1.807) is 0 Å². The van der Waals surface area contributed by atoms with Gasteiger partial charge in [0.25, 0.3) is 0 Å². The van der Waals surface area contributed by atoms with Gasteiger partial charge in [0.05, 0.1) is 5.69 Å². The maximum absolute atomic E-state index is 4.43. The van der Waals surface area contributed by atoms with E-state index in [4.69, 9.17) is 0 Å². The first-order valence-electron chi connectivity index (χ1n) is 8.58. The fraction of sp³-hybridized carbons (Fsp3) is 0.167. The predicted octanol–water partition coefficient (Wildman–Crippen LogP) is 6.58. The number of hydrogen-bond acceptors (Lipinski definition) is 1. The highest BCUT2D eigenvalue weighted by Gasteiger charge is 2.29. The molecule has 1 nitrogen and oxygen atoms in total. The van der Waals surface area contributed by atoms with E-state index in [-0.39, 0.29) is 0 Å². The Kier molecular flexibility index (Phi) is 4.26. The summed E-state index contributed by atoms with van der Waals surface area (Å²) in [4.78, 5) is 2.15. The summed E-state index contributed by atoms with van der Waals surface area (Å²) in [5.41, 5.74) is 11.1. The van der Waals surface area contributed by atoms with Gasteiger partial charge in [0.2, 0.25) is 0 Å². The van der Waals surface area contributed by atoms with Crippen LogP contribution in [0.1, 0.15) is 34.7 Å². The molecule has 0 saturated carbocycles. The van der Waals surface area contributed by atoms with Crippen molar-refractivity contribution in [3.63, 3.8) is 0 Å². The van der Waals surface area contributed by atoms with E-state index < -0.39 is 0 Å². The molecule has 1 aliphatic heterocycles. The lowest BCUT2D eigenvalue weighted by Gasteiger charge is -2.38. The van der Waals surface area contributed by atoms with E-state index in [9.17, 15) is 0 Å². The molecule has 0 spiro atoms. The molecule has 0 aliphatic carbocycles. The molecule has 0 radical (unpaired) electrons. The smallest absolute Gasteiger partial charge is 0.0540 e. The van der Waals surface area contributed by atoms with Crippen molar-refractivity contribution < 1.29 is 0 Å². The first-order chi connectivity index (χ1) is 11.9. The second-order valence-electron chi connectivity index (χ2n) is 6.70. The summed E-state index contributed by atoms with van der Waals surface area (Å²) in [6.45, 7) is 21.5. The van der Waals surface area contributed by atoms with E-state index in [1.807, 2.05) is 0 Å². The third-order valence-electron chi connectivity index (χ3n) is 4.95. The van der Waals surface area contributed by atoms with Gasteiger partial charge in [-0.3, -0.25) is 0 Å². The largest absolute Gasteiger partial charge is 0.310 e. The van der Waals surface area contributed by atoms with Gasteiger partial charge < -0.3 is 4.90 Å². The molecule has 25 heavy (non-hydrogen) atoms. The van der Waals surface area contributed by atoms with Crippen LogP contribution in [0.3, 0.4) is 0 Å². The minimum absolute atomic E-state index is 0.886. The van der Waals surface area contributed by atoms with Crippen molar-refractivity contribution in [2.45, 2.75) is 27.7 Å². The highest BCUT2D eigenvalue weighted by Crippen LogP contribution is 2.46. The van der Waals surface area contributed by atoms with Crippen LogP contribution < -0.4 is 4.90 Å².